The summed E-state index contributed by atoms with van der Waals surface area (Å²) in [6, 6.07) is 6.93. The Kier molecular flexibility index (Phi) is 5.02. The standard InChI is InChI=1S/C15H23NO2/c1-16-15-6-4-5-12-11-13(7-8-14(12)15)18-10-3-2-9-17/h7-8,11,15-17H,2-6,9-10H2,1H3. The van der Waals surface area contributed by atoms with Gasteiger partial charge in [-0.2, -0.15) is 0 Å². The normalized spacial score (nSPS) is 18.4. The van der Waals surface area contributed by atoms with E-state index in [0.29, 0.717) is 12.6 Å². The third kappa shape index (κ3) is 3.24. The maximum Gasteiger partial charge on any atom is 0.119 e. The Morgan fingerprint density at radius 1 is 1.39 bits per heavy atom. The molecule has 0 radical (unpaired) electrons. The van der Waals surface area contributed by atoms with Crippen molar-refractivity contribution in [3.8, 4) is 5.75 Å². The quantitative estimate of drug-likeness (QED) is 0.761. The summed E-state index contributed by atoms with van der Waals surface area (Å²) < 4.78 is 5.71. The summed E-state index contributed by atoms with van der Waals surface area (Å²) in [5.41, 5.74) is 2.84. The zero-order valence-corrected chi connectivity index (χ0v) is 11.1. The van der Waals surface area contributed by atoms with Crippen molar-refractivity contribution < 1.29 is 9.84 Å². The second-order valence-electron chi connectivity index (χ2n) is 4.87. The number of nitrogens with one attached hydrogen (secondary N) is 1. The van der Waals surface area contributed by atoms with Crippen molar-refractivity contribution >= 4 is 0 Å². The Hall–Kier alpha value is -1.06. The highest BCUT2D eigenvalue weighted by atomic mass is 16.5. The third-order valence-electron chi connectivity index (χ3n) is 3.60. The van der Waals surface area contributed by atoms with Gasteiger partial charge in [0.15, 0.2) is 0 Å². The van der Waals surface area contributed by atoms with Crippen LogP contribution in [0.2, 0.25) is 0 Å². The van der Waals surface area contributed by atoms with E-state index in [1.807, 2.05) is 7.05 Å². The van der Waals surface area contributed by atoms with Crippen LogP contribution in [0.5, 0.6) is 5.75 Å². The molecule has 100 valence electrons. The Bertz CT molecular complexity index is 379. The maximum atomic E-state index is 8.72. The molecule has 0 saturated heterocycles. The molecule has 2 N–H and O–H groups in total. The summed E-state index contributed by atoms with van der Waals surface area (Å²) in [5, 5.41) is 12.1. The second-order valence-corrected chi connectivity index (χ2v) is 4.87. The van der Waals surface area contributed by atoms with Crippen molar-refractivity contribution in [1.29, 1.82) is 0 Å². The third-order valence-corrected chi connectivity index (χ3v) is 3.60. The highest BCUT2D eigenvalue weighted by Gasteiger charge is 2.18. The van der Waals surface area contributed by atoms with Gasteiger partial charge in [-0.1, -0.05) is 6.07 Å². The predicted octanol–water partition coefficient (Wildman–Crippen LogP) is 2.43. The van der Waals surface area contributed by atoms with E-state index in [-0.39, 0.29) is 6.61 Å². The van der Waals surface area contributed by atoms with Crippen LogP contribution in [0.25, 0.3) is 0 Å². The lowest BCUT2D eigenvalue weighted by Crippen LogP contribution is -2.21. The van der Waals surface area contributed by atoms with Gasteiger partial charge in [0, 0.05) is 12.6 Å². The van der Waals surface area contributed by atoms with Crippen LogP contribution < -0.4 is 10.1 Å². The lowest BCUT2D eigenvalue weighted by atomic mass is 9.87. The van der Waals surface area contributed by atoms with Crippen LogP contribution in [-0.2, 0) is 6.42 Å². The van der Waals surface area contributed by atoms with Crippen molar-refractivity contribution in [3.05, 3.63) is 29.3 Å². The first-order valence-corrected chi connectivity index (χ1v) is 6.89. The van der Waals surface area contributed by atoms with E-state index in [0.717, 1.165) is 25.0 Å². The van der Waals surface area contributed by atoms with Gasteiger partial charge < -0.3 is 15.2 Å². The second kappa shape index (κ2) is 6.76. The van der Waals surface area contributed by atoms with Crippen molar-refractivity contribution in [2.45, 2.75) is 38.1 Å². The Morgan fingerprint density at radius 3 is 3.06 bits per heavy atom. The number of hydrogen-bond acceptors (Lipinski definition) is 3. The zero-order valence-electron chi connectivity index (χ0n) is 11.1. The van der Waals surface area contributed by atoms with Crippen LogP contribution in [0.4, 0.5) is 0 Å². The number of aliphatic hydroxyl groups excluding tert-OH is 1. The fourth-order valence-electron chi connectivity index (χ4n) is 2.58. The molecule has 1 aromatic carbocycles. The first kappa shape index (κ1) is 13.4. The van der Waals surface area contributed by atoms with E-state index in [1.54, 1.807) is 0 Å². The van der Waals surface area contributed by atoms with E-state index >= 15 is 0 Å². The molecule has 0 aliphatic heterocycles. The number of ether oxygens (including phenoxy) is 1. The molecule has 0 amide bonds. The fraction of sp³-hybridized carbons (Fsp3) is 0.600. The van der Waals surface area contributed by atoms with Crippen molar-refractivity contribution in [1.82, 2.24) is 5.32 Å². The van der Waals surface area contributed by atoms with Crippen molar-refractivity contribution in [2.24, 2.45) is 0 Å². The van der Waals surface area contributed by atoms with E-state index in [4.69, 9.17) is 9.84 Å². The van der Waals surface area contributed by atoms with Crippen LogP contribution >= 0.6 is 0 Å². The molecular formula is C15H23NO2. The number of rotatable bonds is 6. The van der Waals surface area contributed by atoms with Gasteiger partial charge >= 0.3 is 0 Å². The summed E-state index contributed by atoms with van der Waals surface area (Å²) >= 11 is 0. The van der Waals surface area contributed by atoms with Crippen molar-refractivity contribution in [2.75, 3.05) is 20.3 Å². The molecule has 0 spiro atoms. The van der Waals surface area contributed by atoms with Gasteiger partial charge in [0.2, 0.25) is 0 Å². The Balaban J connectivity index is 1.98. The monoisotopic (exact) mass is 249 g/mol. The molecule has 3 heteroatoms. The minimum absolute atomic E-state index is 0.247. The Labute approximate surface area is 109 Å². The van der Waals surface area contributed by atoms with E-state index < -0.39 is 0 Å². The van der Waals surface area contributed by atoms with Crippen LogP contribution in [0, 0.1) is 0 Å². The van der Waals surface area contributed by atoms with Crippen molar-refractivity contribution in [3.63, 3.8) is 0 Å². The van der Waals surface area contributed by atoms with E-state index in [2.05, 4.69) is 23.5 Å². The van der Waals surface area contributed by atoms with Crippen LogP contribution in [-0.4, -0.2) is 25.4 Å². The number of hydrogen-bond donors (Lipinski definition) is 2. The molecule has 0 heterocycles. The van der Waals surface area contributed by atoms with Gasteiger partial charge in [-0.25, -0.2) is 0 Å². The lowest BCUT2D eigenvalue weighted by molar-refractivity contribution is 0.253. The zero-order chi connectivity index (χ0) is 12.8. The first-order chi connectivity index (χ1) is 8.85. The topological polar surface area (TPSA) is 41.5 Å². The molecule has 18 heavy (non-hydrogen) atoms. The predicted molar refractivity (Wildman–Crippen MR) is 73.0 cm³/mol. The highest BCUT2D eigenvalue weighted by molar-refractivity contribution is 5.39. The average Bonchev–Trinajstić information content (AvgIpc) is 2.42. The molecule has 1 unspecified atom stereocenters. The summed E-state index contributed by atoms with van der Waals surface area (Å²) in [5.74, 6) is 0.962. The lowest BCUT2D eigenvalue weighted by Gasteiger charge is -2.25. The van der Waals surface area contributed by atoms with Crippen LogP contribution in [0.1, 0.15) is 42.9 Å². The minimum Gasteiger partial charge on any atom is -0.494 e. The van der Waals surface area contributed by atoms with Gasteiger partial charge in [0.25, 0.3) is 0 Å². The smallest absolute Gasteiger partial charge is 0.119 e. The number of aliphatic hydroxyl groups is 1. The molecule has 1 aromatic rings. The molecule has 0 bridgehead atoms. The van der Waals surface area contributed by atoms with Gasteiger partial charge in [0.1, 0.15) is 5.75 Å². The molecule has 0 saturated carbocycles. The summed E-state index contributed by atoms with van der Waals surface area (Å²) in [6.07, 6.45) is 5.34. The maximum absolute atomic E-state index is 8.72. The molecule has 1 aliphatic rings. The molecule has 0 aromatic heterocycles. The van der Waals surface area contributed by atoms with E-state index in [1.165, 1.54) is 24.0 Å². The summed E-state index contributed by atoms with van der Waals surface area (Å²) in [7, 11) is 2.03. The number of fused-ring (bicyclic) bond motifs is 1. The Morgan fingerprint density at radius 2 is 2.28 bits per heavy atom. The molecule has 2 rings (SSSR count). The largest absolute Gasteiger partial charge is 0.494 e. The number of benzene rings is 1. The average molecular weight is 249 g/mol. The summed E-state index contributed by atoms with van der Waals surface area (Å²) in [4.78, 5) is 0. The fourth-order valence-corrected chi connectivity index (χ4v) is 2.58. The van der Waals surface area contributed by atoms with Crippen LogP contribution in [0.3, 0.4) is 0 Å². The molecule has 0 fully saturated rings. The van der Waals surface area contributed by atoms with Gasteiger partial charge in [-0.05, 0) is 62.4 Å². The SMILES string of the molecule is CNC1CCCc2cc(OCCCCO)ccc21. The van der Waals surface area contributed by atoms with Gasteiger partial charge in [0.05, 0.1) is 6.61 Å². The molecule has 3 nitrogen and oxygen atoms in total. The summed E-state index contributed by atoms with van der Waals surface area (Å²) in [6.45, 7) is 0.937. The first-order valence-electron chi connectivity index (χ1n) is 6.89. The van der Waals surface area contributed by atoms with Gasteiger partial charge in [-0.3, -0.25) is 0 Å². The minimum atomic E-state index is 0.247. The number of aryl methyl sites for hydroxylation is 1. The molecule has 1 aliphatic carbocycles. The van der Waals surface area contributed by atoms with Gasteiger partial charge in [-0.15, -0.1) is 0 Å². The van der Waals surface area contributed by atoms with E-state index in [9.17, 15) is 0 Å². The number of unbranched alkanes of at least 4 members (excludes halogenated alkanes) is 1. The molecular weight excluding hydrogens is 226 g/mol. The highest BCUT2D eigenvalue weighted by Crippen LogP contribution is 2.31. The van der Waals surface area contributed by atoms with Crippen LogP contribution in [0.15, 0.2) is 18.2 Å². The molecule has 1 atom stereocenters.